The van der Waals surface area contributed by atoms with Gasteiger partial charge in [-0.15, -0.1) is 0 Å². The maximum Gasteiger partial charge on any atom is 0.432 e. The molecular weight excluding hydrogens is 951 g/mol. The Morgan fingerprint density at radius 2 is 1.03 bits per heavy atom. The minimum absolute atomic E-state index is 0.00854. The maximum absolute atomic E-state index is 15.1. The van der Waals surface area contributed by atoms with Gasteiger partial charge in [0.05, 0.1) is 18.1 Å². The molecule has 2 fully saturated rings. The molecular formula is C55H76F6O11. The summed E-state index contributed by atoms with van der Waals surface area (Å²) < 4.78 is 124. The first-order valence-electron chi connectivity index (χ1n) is 26.0. The van der Waals surface area contributed by atoms with Gasteiger partial charge in [-0.25, -0.2) is 9.59 Å². The highest BCUT2D eigenvalue weighted by Crippen LogP contribution is 2.46. The number of alkyl halides is 6. The lowest BCUT2D eigenvalue weighted by Crippen LogP contribution is -2.53. The first-order chi connectivity index (χ1) is 34.3. The average molecular weight is 1030 g/mol. The molecule has 4 rings (SSSR count). The smallest absolute Gasteiger partial charge is 0.432 e. The number of carbonyl (C=O) groups is 5. The monoisotopic (exact) mass is 1030 g/mol. The van der Waals surface area contributed by atoms with Crippen LogP contribution in [-0.4, -0.2) is 86.6 Å². The first kappa shape index (κ1) is 60.2. The number of ketones is 2. The van der Waals surface area contributed by atoms with Crippen LogP contribution in [0.1, 0.15) is 179 Å². The summed E-state index contributed by atoms with van der Waals surface area (Å²) in [5, 5.41) is 0. The fraction of sp³-hybridized carbons (Fsp3) is 0.691. The zero-order chi connectivity index (χ0) is 52.8. The normalized spacial score (nSPS) is 20.8. The number of carbonyl (C=O) groups excluding carboxylic acids is 5. The van der Waals surface area contributed by atoms with E-state index in [2.05, 4.69) is 6.92 Å². The van der Waals surface area contributed by atoms with E-state index in [9.17, 15) is 24.0 Å². The van der Waals surface area contributed by atoms with Gasteiger partial charge in [0.15, 0.2) is 0 Å². The van der Waals surface area contributed by atoms with Gasteiger partial charge in [0, 0.05) is 44.6 Å². The van der Waals surface area contributed by atoms with Gasteiger partial charge in [-0.1, -0.05) is 145 Å². The fourth-order valence-corrected chi connectivity index (χ4v) is 9.98. The summed E-state index contributed by atoms with van der Waals surface area (Å²) in [5.74, 6) is -4.39. The lowest BCUT2D eigenvalue weighted by Gasteiger charge is -2.36. The summed E-state index contributed by atoms with van der Waals surface area (Å²) in [6.07, 6.45) is -0.918. The van der Waals surface area contributed by atoms with Crippen LogP contribution in [0, 0.1) is 5.92 Å². The molecule has 2 aliphatic heterocycles. The van der Waals surface area contributed by atoms with Gasteiger partial charge < -0.3 is 33.2 Å². The molecule has 17 heteroatoms. The summed E-state index contributed by atoms with van der Waals surface area (Å²) in [6, 6.07) is 12.8. The number of benzene rings is 2. The second-order valence-corrected chi connectivity index (χ2v) is 19.4. The molecule has 8 atom stereocenters. The number of methoxy groups -OCH3 is 2. The molecule has 2 aromatic carbocycles. The Hall–Kier alpha value is -4.35. The summed E-state index contributed by atoms with van der Waals surface area (Å²) in [4.78, 5) is 64.2. The zero-order valence-corrected chi connectivity index (χ0v) is 42.5. The Bertz CT molecular complexity index is 1960. The molecule has 0 N–H and O–H groups in total. The maximum atomic E-state index is 15.1. The van der Waals surface area contributed by atoms with Crippen molar-refractivity contribution < 1.29 is 78.7 Å². The number of hydrogen-bond donors (Lipinski definition) is 0. The Morgan fingerprint density at radius 3 is 1.43 bits per heavy atom. The third-order valence-corrected chi connectivity index (χ3v) is 14.0. The second kappa shape index (κ2) is 29.5. The summed E-state index contributed by atoms with van der Waals surface area (Å²) in [5.41, 5.74) is -7.96. The molecule has 2 saturated heterocycles. The number of hydrogen-bond acceptors (Lipinski definition) is 11. The molecule has 2 heterocycles. The molecule has 11 nitrogen and oxygen atoms in total. The van der Waals surface area contributed by atoms with E-state index in [1.165, 1.54) is 56.2 Å². The molecule has 0 unspecified atom stereocenters. The number of rotatable bonds is 34. The summed E-state index contributed by atoms with van der Waals surface area (Å²) >= 11 is 0. The van der Waals surface area contributed by atoms with Crippen LogP contribution in [0.25, 0.3) is 0 Å². The van der Waals surface area contributed by atoms with Crippen molar-refractivity contribution in [3.05, 3.63) is 71.8 Å². The topological polar surface area (TPSA) is 141 Å². The predicted molar refractivity (Wildman–Crippen MR) is 256 cm³/mol. The summed E-state index contributed by atoms with van der Waals surface area (Å²) in [7, 11) is 1.55. The van der Waals surface area contributed by atoms with Crippen molar-refractivity contribution in [1.82, 2.24) is 0 Å². The van der Waals surface area contributed by atoms with Crippen LogP contribution >= 0.6 is 0 Å². The highest BCUT2D eigenvalue weighted by Gasteiger charge is 2.66. The van der Waals surface area contributed by atoms with E-state index in [1.807, 2.05) is 0 Å². The highest BCUT2D eigenvalue weighted by atomic mass is 19.4. The Labute approximate surface area is 421 Å². The van der Waals surface area contributed by atoms with Crippen LogP contribution in [0.2, 0.25) is 0 Å². The van der Waals surface area contributed by atoms with Crippen molar-refractivity contribution in [3.63, 3.8) is 0 Å². The van der Waals surface area contributed by atoms with E-state index in [0.717, 1.165) is 77.0 Å². The van der Waals surface area contributed by atoms with E-state index in [1.54, 1.807) is 0 Å². The third-order valence-electron chi connectivity index (χ3n) is 14.0. The molecule has 0 aromatic heterocycles. The van der Waals surface area contributed by atoms with Gasteiger partial charge in [0.2, 0.25) is 0 Å². The van der Waals surface area contributed by atoms with E-state index in [-0.39, 0.29) is 50.1 Å². The van der Waals surface area contributed by atoms with Crippen LogP contribution in [0.4, 0.5) is 26.3 Å². The Kier molecular flexibility index (Phi) is 24.7. The number of esters is 3. The van der Waals surface area contributed by atoms with Gasteiger partial charge in [-0.3, -0.25) is 9.59 Å². The van der Waals surface area contributed by atoms with Crippen LogP contribution in [0.5, 0.6) is 0 Å². The van der Waals surface area contributed by atoms with E-state index in [0.29, 0.717) is 64.2 Å². The van der Waals surface area contributed by atoms with Crippen molar-refractivity contribution in [3.8, 4) is 0 Å². The van der Waals surface area contributed by atoms with E-state index in [4.69, 9.17) is 28.4 Å². The van der Waals surface area contributed by atoms with Crippen LogP contribution < -0.4 is 0 Å². The van der Waals surface area contributed by atoms with Crippen LogP contribution in [-0.2, 0) is 63.6 Å². The molecule has 0 aliphatic carbocycles. The number of ether oxygens (including phenoxy) is 6. The number of unbranched alkanes of at least 4 members (excludes halogenated alkanes) is 13. The molecule has 404 valence electrons. The molecule has 0 radical (unpaired) electrons. The number of cyclic esters (lactones) is 1. The van der Waals surface area contributed by atoms with Crippen LogP contribution in [0.15, 0.2) is 60.7 Å². The largest absolute Gasteiger partial charge is 0.462 e. The molecule has 0 amide bonds. The SMILES string of the molecule is CCCCCCCCCCCC[C@@H](OC(=O)[C@](OC)(c1ccccc1)C(F)(F)F)[C@H]1CC[C@H]([C@@H](CCCCCCCC(=O)CC[C@@H]2C[C@@H](CC(C)=O)C(=O)O2)OC(=O)[C@](OC)(c2ccccc2)C(F)(F)F)O1. The van der Waals surface area contributed by atoms with E-state index >= 15 is 26.3 Å². The van der Waals surface area contributed by atoms with Crippen molar-refractivity contribution in [2.24, 2.45) is 5.92 Å². The molecule has 72 heavy (non-hydrogen) atoms. The quantitative estimate of drug-likeness (QED) is 0.0286. The highest BCUT2D eigenvalue weighted by molar-refractivity contribution is 5.85. The average Bonchev–Trinajstić information content (AvgIpc) is 3.97. The van der Waals surface area contributed by atoms with Gasteiger partial charge in [0.25, 0.3) is 11.2 Å². The Balaban J connectivity index is 1.48. The van der Waals surface area contributed by atoms with Gasteiger partial charge >= 0.3 is 30.3 Å². The number of Topliss-reactive ketones (excluding diaryl/α,β-unsaturated/α-hetero) is 2. The van der Waals surface area contributed by atoms with Gasteiger partial charge in [-0.2, -0.15) is 26.3 Å². The van der Waals surface area contributed by atoms with E-state index < -0.39 is 89.0 Å². The van der Waals surface area contributed by atoms with Crippen molar-refractivity contribution >= 4 is 29.5 Å². The minimum atomic E-state index is -5.26. The van der Waals surface area contributed by atoms with Crippen molar-refractivity contribution in [2.75, 3.05) is 14.2 Å². The zero-order valence-electron chi connectivity index (χ0n) is 42.5. The molecule has 2 aliphatic rings. The second-order valence-electron chi connectivity index (χ2n) is 19.4. The molecule has 0 bridgehead atoms. The third kappa shape index (κ3) is 16.8. The van der Waals surface area contributed by atoms with Gasteiger partial charge in [-0.05, 0) is 64.7 Å². The molecule has 0 spiro atoms. The Morgan fingerprint density at radius 1 is 0.611 bits per heavy atom. The molecule has 2 aromatic rings. The van der Waals surface area contributed by atoms with Gasteiger partial charge in [0.1, 0.15) is 29.9 Å². The summed E-state index contributed by atoms with van der Waals surface area (Å²) in [6.45, 7) is 3.57. The van der Waals surface area contributed by atoms with Crippen molar-refractivity contribution in [1.29, 1.82) is 0 Å². The fourth-order valence-electron chi connectivity index (χ4n) is 9.98. The molecule has 0 saturated carbocycles. The standard InChI is InChI=1S/C55H76F6O11/c1-5-6-7-8-9-10-11-12-15-24-31-45(71-50(65)52(67-3,54(56,57)58)41-26-19-17-20-27-41)47-35-36-48(70-47)46(72-51(66)53(68-4,55(59,60)61)42-28-21-18-22-29-42)32-25-16-13-14-23-30-43(63)33-34-44-38-40(37-39(2)62)49(64)69-44/h17-22,26-29,40,44-48H,5-16,23-25,30-38H2,1-4H3/t40-,44-,45-,46-,47-,48-,52-,53-/m1/s1. The first-order valence-corrected chi connectivity index (χ1v) is 26.0. The number of halogens is 6. The lowest BCUT2D eigenvalue weighted by molar-refractivity contribution is -0.280. The van der Waals surface area contributed by atoms with Crippen LogP contribution in [0.3, 0.4) is 0 Å². The lowest BCUT2D eigenvalue weighted by atomic mass is 9.92. The van der Waals surface area contributed by atoms with Crippen molar-refractivity contribution in [2.45, 2.75) is 222 Å². The minimum Gasteiger partial charge on any atom is -0.462 e. The predicted octanol–water partition coefficient (Wildman–Crippen LogP) is 12.9.